The first kappa shape index (κ1) is 17.1. The molecule has 1 fully saturated rings. The fourth-order valence-corrected chi connectivity index (χ4v) is 2.89. The maximum absolute atomic E-state index is 14.1. The van der Waals surface area contributed by atoms with Crippen LogP contribution in [0.1, 0.15) is 6.23 Å². The van der Waals surface area contributed by atoms with E-state index in [4.69, 9.17) is 25.0 Å². The summed E-state index contributed by atoms with van der Waals surface area (Å²) >= 11 is 0. The van der Waals surface area contributed by atoms with Gasteiger partial charge >= 0.3 is 7.60 Å². The van der Waals surface area contributed by atoms with E-state index >= 15 is 0 Å². The molecule has 1 unspecified atom stereocenters. The van der Waals surface area contributed by atoms with E-state index in [0.29, 0.717) is 5.52 Å². The summed E-state index contributed by atoms with van der Waals surface area (Å²) in [6.45, 7) is 0. The summed E-state index contributed by atoms with van der Waals surface area (Å²) in [6, 6.07) is 2.87. The molecule has 4 atom stereocenters. The highest BCUT2D eigenvalue weighted by molar-refractivity contribution is 7.51. The van der Waals surface area contributed by atoms with Gasteiger partial charge in [0.25, 0.3) is 5.56 Å². The van der Waals surface area contributed by atoms with Gasteiger partial charge in [0.05, 0.1) is 10.9 Å². The smallest absolute Gasteiger partial charge is 0.351 e. The summed E-state index contributed by atoms with van der Waals surface area (Å²) in [5.74, 6) is 0.0750. The number of ether oxygens (including phenoxy) is 2. The molecular formula is C12H15FN3O7P. The number of fused-ring (bicyclic) bond motifs is 1. The van der Waals surface area contributed by atoms with Crippen LogP contribution in [0.2, 0.25) is 0 Å². The Morgan fingerprint density at radius 1 is 1.50 bits per heavy atom. The van der Waals surface area contributed by atoms with Gasteiger partial charge in [0.15, 0.2) is 25.0 Å². The third-order valence-corrected chi connectivity index (χ3v) is 4.07. The van der Waals surface area contributed by atoms with E-state index in [0.717, 1.165) is 0 Å². The van der Waals surface area contributed by atoms with Gasteiger partial charge in [-0.05, 0) is 6.07 Å². The second kappa shape index (κ2) is 5.96. The second-order valence-corrected chi connectivity index (χ2v) is 6.95. The lowest BCUT2D eigenvalue weighted by atomic mass is 10.2. The van der Waals surface area contributed by atoms with Crippen molar-refractivity contribution >= 4 is 24.3 Å². The van der Waals surface area contributed by atoms with Crippen molar-refractivity contribution in [3.05, 3.63) is 28.7 Å². The zero-order valence-electron chi connectivity index (χ0n) is 12.1. The van der Waals surface area contributed by atoms with Gasteiger partial charge in [-0.25, -0.2) is 4.39 Å². The van der Waals surface area contributed by atoms with Crippen molar-refractivity contribution < 1.29 is 33.3 Å². The second-order valence-electron chi connectivity index (χ2n) is 5.37. The molecule has 0 aromatic carbocycles. The minimum absolute atomic E-state index is 0.0750. The highest BCUT2D eigenvalue weighted by atomic mass is 31.2. The fraction of sp³-hybridized carbons (Fsp3) is 0.417. The number of alkyl halides is 1. The molecule has 12 heteroatoms. The normalized spacial score (nSPS) is 27.8. The molecule has 1 aliphatic heterocycles. The Hall–Kier alpha value is -1.75. The molecular weight excluding hydrogens is 348 g/mol. The summed E-state index contributed by atoms with van der Waals surface area (Å²) in [4.78, 5) is 31.8. The van der Waals surface area contributed by atoms with E-state index in [9.17, 15) is 18.9 Å². The first-order valence-corrected chi connectivity index (χ1v) is 8.60. The van der Waals surface area contributed by atoms with Crippen LogP contribution in [0, 0.1) is 0 Å². The molecule has 0 radical (unpaired) electrons. The monoisotopic (exact) mass is 363 g/mol. The third-order valence-electron chi connectivity index (χ3n) is 3.58. The van der Waals surface area contributed by atoms with Crippen molar-refractivity contribution in [2.45, 2.75) is 24.8 Å². The van der Waals surface area contributed by atoms with Crippen LogP contribution in [-0.2, 0) is 14.0 Å². The third kappa shape index (κ3) is 3.09. The van der Waals surface area contributed by atoms with Gasteiger partial charge in [0, 0.05) is 12.3 Å². The van der Waals surface area contributed by atoms with Gasteiger partial charge in [-0.3, -0.25) is 9.36 Å². The summed E-state index contributed by atoms with van der Waals surface area (Å²) in [5.41, 5.74) is 5.43. The van der Waals surface area contributed by atoms with Crippen LogP contribution in [-0.4, -0.2) is 49.4 Å². The Balaban J connectivity index is 1.90. The van der Waals surface area contributed by atoms with Gasteiger partial charge in [-0.2, -0.15) is 0 Å². The standard InChI is InChI=1S/C12H15FN3O7P/c13-8-9(17)11(23-12(8)22-4-24(19,20)21)16-2-1-5-6(16)3-7(14)15-10(5)18/h1-3,8-9,11-12,17H,4H2,(H3,14,15,18)(H2,19,20,21)/t8?,9-,11+,12-/m0/s1. The predicted octanol–water partition coefficient (Wildman–Crippen LogP) is -0.383. The molecule has 24 heavy (non-hydrogen) atoms. The number of hydrogen-bond acceptors (Lipinski definition) is 6. The van der Waals surface area contributed by atoms with E-state index in [1.54, 1.807) is 0 Å². The molecule has 132 valence electrons. The predicted molar refractivity (Wildman–Crippen MR) is 79.8 cm³/mol. The largest absolute Gasteiger partial charge is 0.385 e. The van der Waals surface area contributed by atoms with Gasteiger partial charge < -0.3 is 39.7 Å². The lowest BCUT2D eigenvalue weighted by Gasteiger charge is -2.17. The number of nitrogen functional groups attached to an aromatic ring is 1. The Morgan fingerprint density at radius 2 is 2.21 bits per heavy atom. The minimum Gasteiger partial charge on any atom is -0.385 e. The van der Waals surface area contributed by atoms with Gasteiger partial charge in [-0.1, -0.05) is 0 Å². The summed E-state index contributed by atoms with van der Waals surface area (Å²) in [6.07, 6.45) is -6.24. The van der Waals surface area contributed by atoms with Crippen molar-refractivity contribution in [2.24, 2.45) is 0 Å². The Bertz CT molecular complexity index is 862. The highest BCUT2D eigenvalue weighted by Crippen LogP contribution is 2.39. The number of nitrogens with two attached hydrogens (primary N) is 1. The number of anilines is 1. The molecule has 10 nitrogen and oxygen atoms in total. The number of halogens is 1. The molecule has 2 aromatic rings. The number of aliphatic hydroxyl groups is 1. The lowest BCUT2D eigenvalue weighted by Crippen LogP contribution is -2.29. The number of aromatic nitrogens is 2. The van der Waals surface area contributed by atoms with E-state index in [1.807, 2.05) is 0 Å². The fourth-order valence-electron chi connectivity index (χ4n) is 2.55. The maximum atomic E-state index is 14.1. The average molecular weight is 363 g/mol. The topological polar surface area (TPSA) is 160 Å². The quantitative estimate of drug-likeness (QED) is 0.459. The van der Waals surface area contributed by atoms with Crippen LogP contribution in [0.4, 0.5) is 10.2 Å². The van der Waals surface area contributed by atoms with Crippen LogP contribution >= 0.6 is 7.60 Å². The first-order chi connectivity index (χ1) is 11.2. The van der Waals surface area contributed by atoms with Gasteiger partial charge in [-0.15, -0.1) is 0 Å². The summed E-state index contributed by atoms with van der Waals surface area (Å²) in [7, 11) is -4.52. The van der Waals surface area contributed by atoms with Crippen LogP contribution in [0.25, 0.3) is 10.9 Å². The highest BCUT2D eigenvalue weighted by Gasteiger charge is 2.46. The number of pyridine rings is 1. The average Bonchev–Trinajstić information content (AvgIpc) is 3.00. The van der Waals surface area contributed by atoms with Crippen LogP contribution < -0.4 is 11.3 Å². The molecule has 0 aliphatic carbocycles. The molecule has 1 aliphatic rings. The molecule has 3 rings (SSSR count). The molecule has 6 N–H and O–H groups in total. The number of nitrogens with zero attached hydrogens (tertiary/aromatic N) is 1. The summed E-state index contributed by atoms with van der Waals surface area (Å²) < 4.78 is 36.2. The first-order valence-electron chi connectivity index (χ1n) is 6.80. The number of nitrogens with one attached hydrogen (secondary N) is 1. The number of aromatic amines is 1. The van der Waals surface area contributed by atoms with Crippen molar-refractivity contribution in [1.82, 2.24) is 9.55 Å². The number of hydrogen-bond donors (Lipinski definition) is 5. The zero-order chi connectivity index (χ0) is 17.6. The summed E-state index contributed by atoms with van der Waals surface area (Å²) in [5, 5.41) is 10.3. The molecule has 1 saturated heterocycles. The number of H-pyrrole nitrogens is 1. The Kier molecular flexibility index (Phi) is 4.24. The lowest BCUT2D eigenvalue weighted by molar-refractivity contribution is -0.157. The van der Waals surface area contributed by atoms with Crippen molar-refractivity contribution in [3.8, 4) is 0 Å². The Labute approximate surface area is 133 Å². The van der Waals surface area contributed by atoms with Crippen molar-refractivity contribution in [3.63, 3.8) is 0 Å². The minimum atomic E-state index is -4.52. The van der Waals surface area contributed by atoms with Crippen LogP contribution in [0.3, 0.4) is 0 Å². The van der Waals surface area contributed by atoms with E-state index in [2.05, 4.69) is 4.98 Å². The zero-order valence-corrected chi connectivity index (χ0v) is 13.0. The van der Waals surface area contributed by atoms with E-state index < -0.39 is 44.3 Å². The SMILES string of the molecule is Nc1cc2c(ccn2[C@@H]2O[C@H](OCP(=O)(O)O)C(F)[C@@H]2O)c(=O)[nH]1. The van der Waals surface area contributed by atoms with E-state index in [-0.39, 0.29) is 11.2 Å². The molecule has 0 spiro atoms. The Morgan fingerprint density at radius 3 is 2.88 bits per heavy atom. The van der Waals surface area contributed by atoms with Crippen molar-refractivity contribution in [2.75, 3.05) is 12.1 Å². The molecule has 0 bridgehead atoms. The van der Waals surface area contributed by atoms with Crippen LogP contribution in [0.15, 0.2) is 23.1 Å². The molecule has 0 amide bonds. The molecule has 3 heterocycles. The molecule has 0 saturated carbocycles. The van der Waals surface area contributed by atoms with Gasteiger partial charge in [0.1, 0.15) is 11.9 Å². The van der Waals surface area contributed by atoms with Crippen LogP contribution in [0.5, 0.6) is 0 Å². The maximum Gasteiger partial charge on any atom is 0.351 e. The number of aliphatic hydroxyl groups excluding tert-OH is 1. The van der Waals surface area contributed by atoms with E-state index in [1.165, 1.54) is 22.9 Å². The van der Waals surface area contributed by atoms with Gasteiger partial charge in [0.2, 0.25) is 0 Å². The molecule has 2 aromatic heterocycles. The van der Waals surface area contributed by atoms with Crippen molar-refractivity contribution in [1.29, 1.82) is 0 Å². The number of rotatable bonds is 4.